The third-order valence-corrected chi connectivity index (χ3v) is 5.30. The first-order valence-electron chi connectivity index (χ1n) is 7.18. The van der Waals surface area contributed by atoms with E-state index in [1.165, 1.54) is 48.5 Å². The molecule has 6 nitrogen and oxygen atoms in total. The maximum atomic E-state index is 12.6. The van der Waals surface area contributed by atoms with Gasteiger partial charge in [0.25, 0.3) is 10.0 Å². The van der Waals surface area contributed by atoms with Crippen molar-refractivity contribution in [3.63, 3.8) is 0 Å². The lowest BCUT2D eigenvalue weighted by atomic mass is 10.1. The quantitative estimate of drug-likeness (QED) is 0.630. The fourth-order valence-corrected chi connectivity index (χ4v) is 3.60. The minimum absolute atomic E-state index is 0.0125. The van der Waals surface area contributed by atoms with E-state index < -0.39 is 16.0 Å². The van der Waals surface area contributed by atoms with Crippen molar-refractivity contribution >= 4 is 44.9 Å². The number of hydrogen-bond donors (Lipinski definition) is 2. The topological polar surface area (TPSA) is 96.6 Å². The predicted molar refractivity (Wildman–Crippen MR) is 98.4 cm³/mol. The third kappa shape index (κ3) is 3.85. The number of halogens is 2. The monoisotopic (exact) mass is 411 g/mol. The van der Waals surface area contributed by atoms with Crippen LogP contribution >= 0.6 is 23.2 Å². The number of carboxylic acid groups (broad SMARTS) is 1. The molecule has 0 aliphatic heterocycles. The molecule has 26 heavy (non-hydrogen) atoms. The molecular formula is C17H11Cl2NO5S. The molecular weight excluding hydrogens is 401 g/mol. The molecule has 0 fully saturated rings. The van der Waals surface area contributed by atoms with Crippen molar-refractivity contribution in [1.82, 2.24) is 0 Å². The summed E-state index contributed by atoms with van der Waals surface area (Å²) in [6.07, 6.45) is 0. The van der Waals surface area contributed by atoms with E-state index in [2.05, 4.69) is 4.72 Å². The van der Waals surface area contributed by atoms with Gasteiger partial charge in [0.15, 0.2) is 0 Å². The Morgan fingerprint density at radius 3 is 2.23 bits per heavy atom. The Kier molecular flexibility index (Phi) is 4.95. The molecule has 0 aliphatic rings. The number of aromatic carboxylic acids is 1. The lowest BCUT2D eigenvalue weighted by Gasteiger charge is -2.12. The molecule has 3 aromatic rings. The Morgan fingerprint density at radius 1 is 0.962 bits per heavy atom. The number of carboxylic acids is 1. The number of hydrogen-bond acceptors (Lipinski definition) is 4. The summed E-state index contributed by atoms with van der Waals surface area (Å²) in [5.41, 5.74) is 0.498. The lowest BCUT2D eigenvalue weighted by molar-refractivity contribution is 0.0663. The van der Waals surface area contributed by atoms with Crippen LogP contribution in [0.3, 0.4) is 0 Å². The highest BCUT2D eigenvalue weighted by Crippen LogP contribution is 2.33. The van der Waals surface area contributed by atoms with E-state index in [0.29, 0.717) is 15.6 Å². The number of rotatable bonds is 5. The number of nitrogens with one attached hydrogen (secondary N) is 1. The Balaban J connectivity index is 2.03. The normalized spacial score (nSPS) is 11.3. The van der Waals surface area contributed by atoms with Crippen molar-refractivity contribution in [1.29, 1.82) is 0 Å². The van der Waals surface area contributed by atoms with Gasteiger partial charge in [0.2, 0.25) is 5.76 Å². The summed E-state index contributed by atoms with van der Waals surface area (Å²) in [7, 11) is -3.91. The average molecular weight is 412 g/mol. The van der Waals surface area contributed by atoms with Crippen molar-refractivity contribution in [2.45, 2.75) is 4.90 Å². The zero-order valence-corrected chi connectivity index (χ0v) is 15.3. The summed E-state index contributed by atoms with van der Waals surface area (Å²) in [4.78, 5) is 11.0. The number of anilines is 1. The van der Waals surface area contributed by atoms with Crippen LogP contribution in [0.5, 0.6) is 0 Å². The van der Waals surface area contributed by atoms with Crippen molar-refractivity contribution in [2.75, 3.05) is 4.72 Å². The fourth-order valence-electron chi connectivity index (χ4n) is 2.23. The predicted octanol–water partition coefficient (Wildman–Crippen LogP) is 4.75. The standard InChI is InChI=1S/C17H11Cl2NO5S/c18-10-1-4-12(5-2-10)26(23,24)20-14-9-11(19)3-6-13(14)15-7-8-16(25-15)17(21)22/h1-9,20H,(H,21,22). The van der Waals surface area contributed by atoms with Crippen molar-refractivity contribution in [3.05, 3.63) is 70.4 Å². The number of furan rings is 1. The van der Waals surface area contributed by atoms with E-state index in [1.54, 1.807) is 6.07 Å². The average Bonchev–Trinajstić information content (AvgIpc) is 3.05. The van der Waals surface area contributed by atoms with Gasteiger partial charge in [-0.05, 0) is 54.6 Å². The van der Waals surface area contributed by atoms with Gasteiger partial charge >= 0.3 is 5.97 Å². The van der Waals surface area contributed by atoms with Gasteiger partial charge in [-0.1, -0.05) is 23.2 Å². The third-order valence-electron chi connectivity index (χ3n) is 3.43. The summed E-state index contributed by atoms with van der Waals surface area (Å²) < 4.78 is 32.9. The zero-order chi connectivity index (χ0) is 18.9. The van der Waals surface area contributed by atoms with Crippen LogP contribution in [0.4, 0.5) is 5.69 Å². The highest BCUT2D eigenvalue weighted by molar-refractivity contribution is 7.92. The second kappa shape index (κ2) is 7.03. The molecule has 0 atom stereocenters. The molecule has 0 radical (unpaired) electrons. The van der Waals surface area contributed by atoms with E-state index in [-0.39, 0.29) is 22.1 Å². The summed E-state index contributed by atoms with van der Waals surface area (Å²) in [6, 6.07) is 12.9. The highest BCUT2D eigenvalue weighted by Gasteiger charge is 2.19. The van der Waals surface area contributed by atoms with Gasteiger partial charge in [-0.25, -0.2) is 13.2 Å². The Morgan fingerprint density at radius 2 is 1.62 bits per heavy atom. The van der Waals surface area contributed by atoms with Crippen molar-refractivity contribution < 1.29 is 22.7 Å². The second-order valence-electron chi connectivity index (χ2n) is 5.22. The van der Waals surface area contributed by atoms with Crippen molar-refractivity contribution in [2.24, 2.45) is 0 Å². The van der Waals surface area contributed by atoms with E-state index in [4.69, 9.17) is 32.7 Å². The first-order chi connectivity index (χ1) is 12.3. The van der Waals surface area contributed by atoms with E-state index >= 15 is 0 Å². The molecule has 0 aliphatic carbocycles. The van der Waals surface area contributed by atoms with Gasteiger partial charge in [0, 0.05) is 15.6 Å². The molecule has 1 aromatic heterocycles. The molecule has 0 spiro atoms. The first-order valence-corrected chi connectivity index (χ1v) is 9.41. The molecule has 134 valence electrons. The number of carbonyl (C=O) groups is 1. The molecule has 0 bridgehead atoms. The maximum Gasteiger partial charge on any atom is 0.371 e. The molecule has 0 saturated heterocycles. The molecule has 9 heteroatoms. The van der Waals surface area contributed by atoms with Crippen LogP contribution in [0.15, 0.2) is 63.9 Å². The summed E-state index contributed by atoms with van der Waals surface area (Å²) >= 11 is 11.8. The molecule has 3 rings (SSSR count). The Bertz CT molecular complexity index is 1070. The van der Waals surface area contributed by atoms with Crippen molar-refractivity contribution in [3.8, 4) is 11.3 Å². The fraction of sp³-hybridized carbons (Fsp3) is 0. The molecule has 0 saturated carbocycles. The van der Waals surface area contributed by atoms with Gasteiger partial charge < -0.3 is 9.52 Å². The molecule has 0 unspecified atom stereocenters. The largest absolute Gasteiger partial charge is 0.475 e. The summed E-state index contributed by atoms with van der Waals surface area (Å²) in [6.45, 7) is 0. The number of benzene rings is 2. The maximum absolute atomic E-state index is 12.6. The van der Waals surface area contributed by atoms with Crippen LogP contribution in [-0.4, -0.2) is 19.5 Å². The summed E-state index contributed by atoms with van der Waals surface area (Å²) in [5.74, 6) is -1.30. The van der Waals surface area contributed by atoms with Gasteiger partial charge in [-0.2, -0.15) is 0 Å². The van der Waals surface area contributed by atoms with Crippen LogP contribution in [0, 0.1) is 0 Å². The van der Waals surface area contributed by atoms with Gasteiger partial charge in [-0.15, -0.1) is 0 Å². The number of sulfonamides is 1. The molecule has 2 aromatic carbocycles. The van der Waals surface area contributed by atoms with Gasteiger partial charge in [-0.3, -0.25) is 4.72 Å². The van der Waals surface area contributed by atoms with Gasteiger partial charge in [0.1, 0.15) is 5.76 Å². The van der Waals surface area contributed by atoms with Crippen LogP contribution in [0.2, 0.25) is 10.0 Å². The van der Waals surface area contributed by atoms with E-state index in [1.807, 2.05) is 0 Å². The lowest BCUT2D eigenvalue weighted by Crippen LogP contribution is -2.13. The van der Waals surface area contributed by atoms with Gasteiger partial charge in [0.05, 0.1) is 10.6 Å². The van der Waals surface area contributed by atoms with Crippen LogP contribution < -0.4 is 4.72 Å². The van der Waals surface area contributed by atoms with E-state index in [9.17, 15) is 13.2 Å². The van der Waals surface area contributed by atoms with Crippen LogP contribution in [0.25, 0.3) is 11.3 Å². The smallest absolute Gasteiger partial charge is 0.371 e. The molecule has 2 N–H and O–H groups in total. The molecule has 0 amide bonds. The first kappa shape index (κ1) is 18.3. The Hall–Kier alpha value is -2.48. The highest BCUT2D eigenvalue weighted by atomic mass is 35.5. The zero-order valence-electron chi connectivity index (χ0n) is 12.9. The minimum Gasteiger partial charge on any atom is -0.475 e. The molecule has 1 heterocycles. The SMILES string of the molecule is O=C(O)c1ccc(-c2ccc(Cl)cc2NS(=O)(=O)c2ccc(Cl)cc2)o1. The van der Waals surface area contributed by atoms with Crippen LogP contribution in [-0.2, 0) is 10.0 Å². The summed E-state index contributed by atoms with van der Waals surface area (Å²) in [5, 5.41) is 9.68. The Labute approximate surface area is 159 Å². The minimum atomic E-state index is -3.91. The van der Waals surface area contributed by atoms with Crippen LogP contribution in [0.1, 0.15) is 10.6 Å². The second-order valence-corrected chi connectivity index (χ2v) is 7.77. The van der Waals surface area contributed by atoms with E-state index in [0.717, 1.165) is 0 Å².